The molecule has 1 atom stereocenters. The number of halogens is 2. The predicted octanol–water partition coefficient (Wildman–Crippen LogP) is 4.85. The van der Waals surface area contributed by atoms with E-state index in [-0.39, 0.29) is 28.3 Å². The number of unbranched alkanes of at least 4 members (excludes halogenated alkanes) is 1. The highest BCUT2D eigenvalue weighted by atomic mass is 35.5. The van der Waals surface area contributed by atoms with E-state index in [4.69, 9.17) is 23.2 Å². The summed E-state index contributed by atoms with van der Waals surface area (Å²) in [5.41, 5.74) is 0.262. The minimum atomic E-state index is -0.148. The van der Waals surface area contributed by atoms with Crippen LogP contribution in [0.5, 0.6) is 5.75 Å². The number of hydrogen-bond donors (Lipinski definition) is 2. The molecule has 0 heterocycles. The molecule has 3 nitrogen and oxygen atoms in total. The molecule has 1 aromatic rings. The Hall–Kier alpha value is -0.930. The molecule has 0 radical (unpaired) electrons. The second kappa shape index (κ2) is 7.61. The normalized spacial score (nSPS) is 12.2. The molecule has 2 N–H and O–H groups in total. The van der Waals surface area contributed by atoms with E-state index in [1.165, 1.54) is 12.1 Å². The molecule has 0 saturated heterocycles. The Morgan fingerprint density at radius 1 is 1.37 bits per heavy atom. The number of rotatable bonds is 6. The molecule has 1 rings (SSSR count). The first-order valence-corrected chi connectivity index (χ1v) is 7.24. The molecule has 5 heteroatoms. The van der Waals surface area contributed by atoms with Gasteiger partial charge in [0.25, 0.3) is 0 Å². The van der Waals surface area contributed by atoms with Crippen LogP contribution in [0.25, 0.3) is 0 Å². The van der Waals surface area contributed by atoms with E-state index in [0.29, 0.717) is 5.02 Å². The Morgan fingerprint density at radius 3 is 2.63 bits per heavy atom. The summed E-state index contributed by atoms with van der Waals surface area (Å²) in [7, 11) is 0. The number of phenols is 1. The molecule has 19 heavy (non-hydrogen) atoms. The number of amides is 1. The van der Waals surface area contributed by atoms with Crippen molar-refractivity contribution >= 4 is 34.8 Å². The van der Waals surface area contributed by atoms with E-state index >= 15 is 0 Å². The van der Waals surface area contributed by atoms with Gasteiger partial charge in [-0.1, -0.05) is 49.9 Å². The third-order valence-electron chi connectivity index (χ3n) is 3.06. The van der Waals surface area contributed by atoms with Gasteiger partial charge >= 0.3 is 0 Å². The maximum Gasteiger partial charge on any atom is 0.227 e. The summed E-state index contributed by atoms with van der Waals surface area (Å²) in [6.45, 7) is 4.07. The van der Waals surface area contributed by atoms with Crippen molar-refractivity contribution in [3.8, 4) is 5.75 Å². The van der Waals surface area contributed by atoms with E-state index in [9.17, 15) is 9.90 Å². The Labute approximate surface area is 123 Å². The van der Waals surface area contributed by atoms with Crippen LogP contribution in [-0.2, 0) is 4.79 Å². The molecule has 0 aromatic heterocycles. The SMILES string of the molecule is CCCCC(CC)C(=O)Nc1cc(Cl)cc(Cl)c1O. The summed E-state index contributed by atoms with van der Waals surface area (Å²) in [4.78, 5) is 12.1. The van der Waals surface area contributed by atoms with Crippen LogP contribution in [0.4, 0.5) is 5.69 Å². The van der Waals surface area contributed by atoms with Gasteiger partial charge in [0.05, 0.1) is 10.7 Å². The Bertz CT molecular complexity index is 449. The van der Waals surface area contributed by atoms with Crippen molar-refractivity contribution < 1.29 is 9.90 Å². The van der Waals surface area contributed by atoms with Gasteiger partial charge in [-0.25, -0.2) is 0 Å². The van der Waals surface area contributed by atoms with E-state index in [1.807, 2.05) is 6.92 Å². The molecule has 1 aromatic carbocycles. The van der Waals surface area contributed by atoms with Crippen molar-refractivity contribution in [3.05, 3.63) is 22.2 Å². The number of nitrogens with one attached hydrogen (secondary N) is 1. The van der Waals surface area contributed by atoms with Gasteiger partial charge in [-0.3, -0.25) is 4.79 Å². The van der Waals surface area contributed by atoms with Gasteiger partial charge in [-0.05, 0) is 25.0 Å². The fraction of sp³-hybridized carbons (Fsp3) is 0.500. The standard InChI is InChI=1S/C14H19Cl2NO2/c1-3-5-6-9(4-2)14(19)17-12-8-10(15)7-11(16)13(12)18/h7-9,18H,3-6H2,1-2H3,(H,17,19). The molecule has 0 saturated carbocycles. The quantitative estimate of drug-likeness (QED) is 0.738. The largest absolute Gasteiger partial charge is 0.504 e. The highest BCUT2D eigenvalue weighted by molar-refractivity contribution is 6.36. The highest BCUT2D eigenvalue weighted by Gasteiger charge is 2.18. The number of phenolic OH excluding ortho intramolecular Hbond substituents is 1. The van der Waals surface area contributed by atoms with Gasteiger partial charge in [-0.15, -0.1) is 0 Å². The smallest absolute Gasteiger partial charge is 0.227 e. The zero-order chi connectivity index (χ0) is 14.4. The van der Waals surface area contributed by atoms with Gasteiger partial charge in [-0.2, -0.15) is 0 Å². The molecule has 106 valence electrons. The van der Waals surface area contributed by atoms with Crippen molar-refractivity contribution in [2.45, 2.75) is 39.5 Å². The third kappa shape index (κ3) is 4.59. The predicted molar refractivity (Wildman–Crippen MR) is 80.1 cm³/mol. The zero-order valence-corrected chi connectivity index (χ0v) is 12.7. The summed E-state index contributed by atoms with van der Waals surface area (Å²) in [6, 6.07) is 2.93. The van der Waals surface area contributed by atoms with E-state index in [2.05, 4.69) is 12.2 Å². The average Bonchev–Trinajstić information content (AvgIpc) is 2.36. The number of hydrogen-bond acceptors (Lipinski definition) is 2. The summed E-state index contributed by atoms with van der Waals surface area (Å²) >= 11 is 11.7. The molecule has 0 aliphatic heterocycles. The van der Waals surface area contributed by atoms with Crippen molar-refractivity contribution in [2.75, 3.05) is 5.32 Å². The number of carbonyl (C=O) groups is 1. The van der Waals surface area contributed by atoms with Crippen LogP contribution in [0.1, 0.15) is 39.5 Å². The lowest BCUT2D eigenvalue weighted by Crippen LogP contribution is -2.22. The second-order valence-electron chi connectivity index (χ2n) is 4.52. The Kier molecular flexibility index (Phi) is 6.46. The Morgan fingerprint density at radius 2 is 2.05 bits per heavy atom. The number of anilines is 1. The summed E-state index contributed by atoms with van der Waals surface area (Å²) in [5, 5.41) is 13.0. The van der Waals surface area contributed by atoms with Crippen LogP contribution in [0, 0.1) is 5.92 Å². The fourth-order valence-corrected chi connectivity index (χ4v) is 2.36. The maximum absolute atomic E-state index is 12.1. The topological polar surface area (TPSA) is 49.3 Å². The van der Waals surface area contributed by atoms with Crippen LogP contribution < -0.4 is 5.32 Å². The first kappa shape index (κ1) is 16.1. The van der Waals surface area contributed by atoms with Crippen molar-refractivity contribution in [2.24, 2.45) is 5.92 Å². The maximum atomic E-state index is 12.1. The molecule has 0 aliphatic carbocycles. The first-order valence-electron chi connectivity index (χ1n) is 6.48. The van der Waals surface area contributed by atoms with E-state index in [1.54, 1.807) is 0 Å². The van der Waals surface area contributed by atoms with Gasteiger partial charge in [0.1, 0.15) is 0 Å². The zero-order valence-electron chi connectivity index (χ0n) is 11.2. The van der Waals surface area contributed by atoms with Gasteiger partial charge < -0.3 is 10.4 Å². The molecular weight excluding hydrogens is 285 g/mol. The number of benzene rings is 1. The van der Waals surface area contributed by atoms with Crippen molar-refractivity contribution in [1.82, 2.24) is 0 Å². The summed E-state index contributed by atoms with van der Waals surface area (Å²) in [6.07, 6.45) is 3.67. The van der Waals surface area contributed by atoms with Crippen molar-refractivity contribution in [1.29, 1.82) is 0 Å². The van der Waals surface area contributed by atoms with Crippen LogP contribution in [0.3, 0.4) is 0 Å². The van der Waals surface area contributed by atoms with Crippen LogP contribution >= 0.6 is 23.2 Å². The molecule has 0 fully saturated rings. The molecular formula is C14H19Cl2NO2. The average molecular weight is 304 g/mol. The van der Waals surface area contributed by atoms with E-state index in [0.717, 1.165) is 25.7 Å². The van der Waals surface area contributed by atoms with Crippen LogP contribution in [0.15, 0.2) is 12.1 Å². The van der Waals surface area contributed by atoms with Gasteiger partial charge in [0.2, 0.25) is 5.91 Å². The first-order chi connectivity index (χ1) is 8.99. The molecule has 0 spiro atoms. The molecule has 1 unspecified atom stereocenters. The highest BCUT2D eigenvalue weighted by Crippen LogP contribution is 2.35. The number of carbonyl (C=O) groups excluding carboxylic acids is 1. The molecule has 0 aliphatic rings. The molecule has 1 amide bonds. The lowest BCUT2D eigenvalue weighted by molar-refractivity contribution is -0.120. The van der Waals surface area contributed by atoms with Crippen LogP contribution in [-0.4, -0.2) is 11.0 Å². The summed E-state index contributed by atoms with van der Waals surface area (Å²) < 4.78 is 0. The third-order valence-corrected chi connectivity index (χ3v) is 3.56. The lowest BCUT2D eigenvalue weighted by Gasteiger charge is -2.15. The lowest BCUT2D eigenvalue weighted by atomic mass is 9.98. The van der Waals surface area contributed by atoms with Gasteiger partial charge in [0.15, 0.2) is 5.75 Å². The van der Waals surface area contributed by atoms with E-state index < -0.39 is 0 Å². The van der Waals surface area contributed by atoms with Crippen molar-refractivity contribution in [3.63, 3.8) is 0 Å². The minimum Gasteiger partial charge on any atom is -0.504 e. The van der Waals surface area contributed by atoms with Gasteiger partial charge in [0, 0.05) is 10.9 Å². The summed E-state index contributed by atoms with van der Waals surface area (Å²) in [5.74, 6) is -0.313. The molecule has 0 bridgehead atoms. The monoisotopic (exact) mass is 303 g/mol. The second-order valence-corrected chi connectivity index (χ2v) is 5.36. The minimum absolute atomic E-state index is 0.0582. The Balaban J connectivity index is 2.80. The fourth-order valence-electron chi connectivity index (χ4n) is 1.87. The van der Waals surface area contributed by atoms with Crippen LogP contribution in [0.2, 0.25) is 10.0 Å². The number of aromatic hydroxyl groups is 1.